The molecule has 4 rings (SSSR count). The van der Waals surface area contributed by atoms with Gasteiger partial charge in [-0.3, -0.25) is 0 Å². The molecular formula is C24H18BrNO6S. The molecule has 0 N–H and O–H groups in total. The Kier molecular flexibility index (Phi) is 6.35. The van der Waals surface area contributed by atoms with Crippen LogP contribution in [0.3, 0.4) is 0 Å². The fourth-order valence-corrected chi connectivity index (χ4v) is 4.64. The Morgan fingerprint density at radius 2 is 1.73 bits per heavy atom. The average molecular weight is 528 g/mol. The predicted octanol–water partition coefficient (Wildman–Crippen LogP) is 4.88. The van der Waals surface area contributed by atoms with Gasteiger partial charge in [0.2, 0.25) is 5.90 Å². The van der Waals surface area contributed by atoms with Crippen molar-refractivity contribution in [3.63, 3.8) is 0 Å². The number of nitrogens with zero attached hydrogens (tertiary/aromatic N) is 1. The van der Waals surface area contributed by atoms with Crippen LogP contribution >= 0.6 is 15.9 Å². The zero-order valence-corrected chi connectivity index (χ0v) is 20.0. The van der Waals surface area contributed by atoms with Crippen LogP contribution in [0.4, 0.5) is 0 Å². The van der Waals surface area contributed by atoms with Gasteiger partial charge in [-0.1, -0.05) is 35.9 Å². The molecule has 9 heteroatoms. The van der Waals surface area contributed by atoms with E-state index in [-0.39, 0.29) is 28.0 Å². The maximum Gasteiger partial charge on any atom is 0.363 e. The van der Waals surface area contributed by atoms with Crippen LogP contribution in [0.15, 0.2) is 86.8 Å². The van der Waals surface area contributed by atoms with Gasteiger partial charge in [-0.15, -0.1) is 0 Å². The molecule has 1 aliphatic rings. The Bertz CT molecular complexity index is 1380. The number of halogens is 1. The Morgan fingerprint density at radius 1 is 1.03 bits per heavy atom. The van der Waals surface area contributed by atoms with E-state index in [1.807, 2.05) is 25.1 Å². The number of benzene rings is 3. The summed E-state index contributed by atoms with van der Waals surface area (Å²) in [7, 11) is -2.70. The van der Waals surface area contributed by atoms with Crippen LogP contribution in [0.25, 0.3) is 6.08 Å². The second-order valence-corrected chi connectivity index (χ2v) is 9.49. The first-order chi connectivity index (χ1) is 15.8. The molecular weight excluding hydrogens is 510 g/mol. The van der Waals surface area contributed by atoms with E-state index in [4.69, 9.17) is 13.7 Å². The molecule has 1 aliphatic heterocycles. The standard InChI is InChI=1S/C24H18BrNO6S/c1-15-8-10-18(11-9-15)33(28,29)32-22-19(25)12-16(14-21(22)30-2)13-20-24(27)31-23(26-20)17-6-4-3-5-7-17/h3-14H,1-2H3. The molecule has 33 heavy (non-hydrogen) atoms. The maximum atomic E-state index is 12.7. The van der Waals surface area contributed by atoms with E-state index in [0.717, 1.165) is 5.56 Å². The minimum absolute atomic E-state index is 0.0114. The molecule has 0 fully saturated rings. The second kappa shape index (κ2) is 9.21. The van der Waals surface area contributed by atoms with E-state index >= 15 is 0 Å². The average Bonchev–Trinajstić information content (AvgIpc) is 3.16. The van der Waals surface area contributed by atoms with Crippen LogP contribution in [0.1, 0.15) is 16.7 Å². The number of carbonyl (C=O) groups is 1. The summed E-state index contributed by atoms with van der Waals surface area (Å²) in [6.45, 7) is 1.86. The minimum Gasteiger partial charge on any atom is -0.493 e. The molecule has 0 aliphatic carbocycles. The quantitative estimate of drug-likeness (QED) is 0.258. The largest absolute Gasteiger partial charge is 0.493 e. The van der Waals surface area contributed by atoms with Crippen LogP contribution in [0.5, 0.6) is 11.5 Å². The third-order valence-corrected chi connectivity index (χ3v) is 6.52. The molecule has 0 amide bonds. The molecule has 1 heterocycles. The summed E-state index contributed by atoms with van der Waals surface area (Å²) in [5.41, 5.74) is 2.24. The first kappa shape index (κ1) is 22.8. The van der Waals surface area contributed by atoms with Gasteiger partial charge in [-0.25, -0.2) is 9.79 Å². The maximum absolute atomic E-state index is 12.7. The summed E-state index contributed by atoms with van der Waals surface area (Å²) in [6, 6.07) is 18.5. The molecule has 0 unspecified atom stereocenters. The summed E-state index contributed by atoms with van der Waals surface area (Å²) < 4.78 is 41.7. The number of aryl methyl sites for hydroxylation is 1. The van der Waals surface area contributed by atoms with Crippen LogP contribution in [0.2, 0.25) is 0 Å². The molecule has 7 nitrogen and oxygen atoms in total. The smallest absolute Gasteiger partial charge is 0.363 e. The number of hydrogen-bond acceptors (Lipinski definition) is 7. The van der Waals surface area contributed by atoms with Crippen molar-refractivity contribution < 1.29 is 26.9 Å². The van der Waals surface area contributed by atoms with Crippen LogP contribution in [-0.2, 0) is 19.6 Å². The number of rotatable bonds is 6. The Labute approximate surface area is 199 Å². The second-order valence-electron chi connectivity index (χ2n) is 7.09. The third-order valence-electron chi connectivity index (χ3n) is 4.70. The molecule has 168 valence electrons. The van der Waals surface area contributed by atoms with Crippen LogP contribution in [0, 0.1) is 6.92 Å². The van der Waals surface area contributed by atoms with Crippen molar-refractivity contribution in [2.45, 2.75) is 11.8 Å². The molecule has 0 saturated heterocycles. The van der Waals surface area contributed by atoms with E-state index in [1.165, 1.54) is 25.3 Å². The third kappa shape index (κ3) is 4.99. The van der Waals surface area contributed by atoms with Gasteiger partial charge in [-0.2, -0.15) is 8.42 Å². The van der Waals surface area contributed by atoms with E-state index in [1.54, 1.807) is 36.4 Å². The van der Waals surface area contributed by atoms with E-state index in [0.29, 0.717) is 15.6 Å². The highest BCUT2D eigenvalue weighted by Crippen LogP contribution is 2.39. The highest BCUT2D eigenvalue weighted by molar-refractivity contribution is 9.10. The van der Waals surface area contributed by atoms with Crippen molar-refractivity contribution in [1.82, 2.24) is 0 Å². The summed E-state index contributed by atoms with van der Waals surface area (Å²) in [6.07, 6.45) is 1.52. The van der Waals surface area contributed by atoms with E-state index in [2.05, 4.69) is 20.9 Å². The Morgan fingerprint density at radius 3 is 2.39 bits per heavy atom. The predicted molar refractivity (Wildman–Crippen MR) is 127 cm³/mol. The van der Waals surface area contributed by atoms with Crippen molar-refractivity contribution >= 4 is 44.0 Å². The van der Waals surface area contributed by atoms with Crippen LogP contribution in [-0.4, -0.2) is 27.4 Å². The minimum atomic E-state index is -4.09. The topological polar surface area (TPSA) is 91.3 Å². The van der Waals surface area contributed by atoms with Gasteiger partial charge < -0.3 is 13.7 Å². The summed E-state index contributed by atoms with van der Waals surface area (Å²) in [5.74, 6) is -0.235. The number of methoxy groups -OCH3 is 1. The molecule has 0 saturated carbocycles. The molecule has 0 bridgehead atoms. The molecule has 3 aromatic rings. The van der Waals surface area contributed by atoms with Gasteiger partial charge >= 0.3 is 16.1 Å². The highest BCUT2D eigenvalue weighted by atomic mass is 79.9. The SMILES string of the molecule is COc1cc(C=C2N=C(c3ccccc3)OC2=O)cc(Br)c1OS(=O)(=O)c1ccc(C)cc1. The van der Waals surface area contributed by atoms with Crippen molar-refractivity contribution in [1.29, 1.82) is 0 Å². The Balaban J connectivity index is 1.66. The van der Waals surface area contributed by atoms with Crippen molar-refractivity contribution in [3.05, 3.63) is 93.6 Å². The summed E-state index contributed by atoms with van der Waals surface area (Å²) in [5, 5.41) is 0. The lowest BCUT2D eigenvalue weighted by Gasteiger charge is -2.13. The van der Waals surface area contributed by atoms with Crippen molar-refractivity contribution in [2.75, 3.05) is 7.11 Å². The number of hydrogen-bond donors (Lipinski definition) is 0. The zero-order valence-electron chi connectivity index (χ0n) is 17.6. The highest BCUT2D eigenvalue weighted by Gasteiger charge is 2.25. The molecule has 0 radical (unpaired) electrons. The lowest BCUT2D eigenvalue weighted by atomic mass is 10.1. The fraction of sp³-hybridized carbons (Fsp3) is 0.0833. The van der Waals surface area contributed by atoms with Gasteiger partial charge in [0, 0.05) is 5.56 Å². The summed E-state index contributed by atoms with van der Waals surface area (Å²) in [4.78, 5) is 16.6. The lowest BCUT2D eigenvalue weighted by Crippen LogP contribution is -2.11. The first-order valence-electron chi connectivity index (χ1n) is 9.73. The number of carbonyl (C=O) groups excluding carboxylic acids is 1. The number of esters is 1. The van der Waals surface area contributed by atoms with Gasteiger partial charge in [-0.05, 0) is 70.9 Å². The molecule has 0 aromatic heterocycles. The zero-order chi connectivity index (χ0) is 23.6. The monoisotopic (exact) mass is 527 g/mol. The molecule has 0 spiro atoms. The van der Waals surface area contributed by atoms with Gasteiger partial charge in [0.25, 0.3) is 0 Å². The van der Waals surface area contributed by atoms with Gasteiger partial charge in [0.05, 0.1) is 11.6 Å². The van der Waals surface area contributed by atoms with Crippen molar-refractivity contribution in [2.24, 2.45) is 4.99 Å². The molecule has 0 atom stereocenters. The van der Waals surface area contributed by atoms with Gasteiger partial charge in [0.15, 0.2) is 17.2 Å². The molecule has 3 aromatic carbocycles. The summed E-state index contributed by atoms with van der Waals surface area (Å²) >= 11 is 3.34. The van der Waals surface area contributed by atoms with Crippen LogP contribution < -0.4 is 8.92 Å². The number of aliphatic imine (C=N–C) groups is 1. The Hall–Kier alpha value is -3.43. The first-order valence-corrected chi connectivity index (χ1v) is 11.9. The van der Waals surface area contributed by atoms with Crippen molar-refractivity contribution in [3.8, 4) is 11.5 Å². The normalized spacial score (nSPS) is 14.7. The lowest BCUT2D eigenvalue weighted by molar-refractivity contribution is -0.129. The van der Waals surface area contributed by atoms with Gasteiger partial charge in [0.1, 0.15) is 4.90 Å². The number of ether oxygens (including phenoxy) is 2. The van der Waals surface area contributed by atoms with E-state index in [9.17, 15) is 13.2 Å². The number of cyclic esters (lactones) is 1. The van der Waals surface area contributed by atoms with E-state index < -0.39 is 16.1 Å². The fourth-order valence-electron chi connectivity index (χ4n) is 3.04.